The highest BCUT2D eigenvalue weighted by molar-refractivity contribution is 6.16. The smallest absolute Gasteiger partial charge is 0.253 e. The molecule has 3 aliphatic rings. The molecular weight excluding hydrogens is 333 g/mol. The van der Waals surface area contributed by atoms with E-state index in [2.05, 4.69) is 35.8 Å². The molecule has 2 fully saturated rings. The van der Waals surface area contributed by atoms with Crippen LogP contribution >= 0.6 is 24.8 Å². The number of carbonyl (C=O) groups excluding carboxylic acids is 1. The van der Waals surface area contributed by atoms with Crippen molar-refractivity contribution in [3.05, 3.63) is 35.4 Å². The average molecular weight is 356 g/mol. The third-order valence-corrected chi connectivity index (χ3v) is 4.89. The van der Waals surface area contributed by atoms with Gasteiger partial charge in [0.2, 0.25) is 0 Å². The zero-order valence-electron chi connectivity index (χ0n) is 13.2. The molecule has 1 aromatic carbocycles. The Morgan fingerprint density at radius 3 is 2.65 bits per heavy atom. The molecule has 2 heterocycles. The van der Waals surface area contributed by atoms with Gasteiger partial charge in [-0.05, 0) is 50.6 Å². The van der Waals surface area contributed by atoms with Gasteiger partial charge in [-0.15, -0.1) is 24.8 Å². The lowest BCUT2D eigenvalue weighted by Crippen LogP contribution is -2.51. The number of benzene rings is 1. The summed E-state index contributed by atoms with van der Waals surface area (Å²) in [6, 6.07) is 8.72. The van der Waals surface area contributed by atoms with Gasteiger partial charge in [-0.2, -0.15) is 0 Å². The number of piperidine rings is 1. The Balaban J connectivity index is 0.000000960. The molecule has 23 heavy (non-hydrogen) atoms. The summed E-state index contributed by atoms with van der Waals surface area (Å²) in [5, 5.41) is 6.46. The fourth-order valence-corrected chi connectivity index (χ4v) is 3.62. The van der Waals surface area contributed by atoms with E-state index >= 15 is 0 Å². The summed E-state index contributed by atoms with van der Waals surface area (Å²) in [6.45, 7) is 2.98. The third kappa shape index (κ3) is 3.25. The van der Waals surface area contributed by atoms with Crippen LogP contribution in [0.2, 0.25) is 0 Å². The van der Waals surface area contributed by atoms with Gasteiger partial charge >= 0.3 is 0 Å². The summed E-state index contributed by atoms with van der Waals surface area (Å²) in [4.78, 5) is 17.4. The van der Waals surface area contributed by atoms with Crippen molar-refractivity contribution < 1.29 is 4.79 Å². The Morgan fingerprint density at radius 2 is 1.96 bits per heavy atom. The summed E-state index contributed by atoms with van der Waals surface area (Å²) in [7, 11) is 0. The second-order valence-corrected chi connectivity index (χ2v) is 6.62. The van der Waals surface area contributed by atoms with Crippen LogP contribution in [-0.4, -0.2) is 29.9 Å². The standard InChI is InChI=1S/C17H21N3O.2ClH/c1-11-10-17(8-9-18-11)16(21)19-15(20-17)14-5-3-2-4-13(14)12-6-7-12;;/h2-5,11-12,18H,6-10H2,1H3,(H,19,20,21);2*1H/t11-,17+;;/m0../s1. The van der Waals surface area contributed by atoms with Crippen molar-refractivity contribution in [3.8, 4) is 0 Å². The summed E-state index contributed by atoms with van der Waals surface area (Å²) in [6.07, 6.45) is 4.08. The van der Waals surface area contributed by atoms with Crippen LogP contribution in [0.3, 0.4) is 0 Å². The molecule has 1 saturated carbocycles. The third-order valence-electron chi connectivity index (χ3n) is 4.89. The summed E-state index contributed by atoms with van der Waals surface area (Å²) in [5.74, 6) is 1.53. The molecule has 1 amide bonds. The summed E-state index contributed by atoms with van der Waals surface area (Å²) < 4.78 is 0. The Labute approximate surface area is 149 Å². The first-order valence-corrected chi connectivity index (χ1v) is 7.92. The lowest BCUT2D eigenvalue weighted by molar-refractivity contribution is -0.124. The first kappa shape index (κ1) is 18.2. The lowest BCUT2D eigenvalue weighted by Gasteiger charge is -2.32. The maximum atomic E-state index is 12.5. The molecule has 2 N–H and O–H groups in total. The van der Waals surface area contributed by atoms with Crippen LogP contribution in [0.5, 0.6) is 0 Å². The van der Waals surface area contributed by atoms with Gasteiger partial charge in [0.15, 0.2) is 0 Å². The fourth-order valence-electron chi connectivity index (χ4n) is 3.62. The van der Waals surface area contributed by atoms with Crippen molar-refractivity contribution in [3.63, 3.8) is 0 Å². The molecule has 1 spiro atoms. The van der Waals surface area contributed by atoms with Crippen molar-refractivity contribution in [1.29, 1.82) is 0 Å². The van der Waals surface area contributed by atoms with Gasteiger partial charge in [0.25, 0.3) is 5.91 Å². The fraction of sp³-hybridized carbons (Fsp3) is 0.529. The highest BCUT2D eigenvalue weighted by Crippen LogP contribution is 2.42. The van der Waals surface area contributed by atoms with Crippen LogP contribution in [0, 0.1) is 0 Å². The molecule has 4 rings (SSSR count). The first-order valence-electron chi connectivity index (χ1n) is 7.92. The topological polar surface area (TPSA) is 53.5 Å². The maximum Gasteiger partial charge on any atom is 0.253 e. The highest BCUT2D eigenvalue weighted by atomic mass is 35.5. The molecule has 1 aliphatic carbocycles. The molecule has 126 valence electrons. The Morgan fingerprint density at radius 1 is 1.22 bits per heavy atom. The molecule has 1 aromatic rings. The summed E-state index contributed by atoms with van der Waals surface area (Å²) >= 11 is 0. The number of rotatable bonds is 2. The number of halogens is 2. The molecule has 2 atom stereocenters. The van der Waals surface area contributed by atoms with Crippen LogP contribution in [0.1, 0.15) is 49.7 Å². The van der Waals surface area contributed by atoms with Crippen LogP contribution in [-0.2, 0) is 4.79 Å². The minimum absolute atomic E-state index is 0. The van der Waals surface area contributed by atoms with Gasteiger partial charge in [-0.3, -0.25) is 9.79 Å². The predicted molar refractivity (Wildman–Crippen MR) is 97.0 cm³/mol. The number of nitrogens with zero attached hydrogens (tertiary/aromatic N) is 1. The quantitative estimate of drug-likeness (QED) is 0.856. The van der Waals surface area contributed by atoms with Crippen molar-refractivity contribution in [1.82, 2.24) is 10.6 Å². The second-order valence-electron chi connectivity index (χ2n) is 6.62. The van der Waals surface area contributed by atoms with Gasteiger partial charge in [0.05, 0.1) is 0 Å². The van der Waals surface area contributed by atoms with Gasteiger partial charge in [0.1, 0.15) is 11.4 Å². The number of hydrogen-bond acceptors (Lipinski definition) is 3. The van der Waals surface area contributed by atoms with Crippen molar-refractivity contribution in [2.45, 2.75) is 50.1 Å². The minimum Gasteiger partial charge on any atom is -0.314 e. The van der Waals surface area contributed by atoms with Gasteiger partial charge in [-0.25, -0.2) is 0 Å². The molecule has 0 unspecified atom stereocenters. The van der Waals surface area contributed by atoms with E-state index in [0.717, 1.165) is 30.8 Å². The zero-order valence-corrected chi connectivity index (χ0v) is 14.8. The van der Waals surface area contributed by atoms with Crippen LogP contribution in [0.15, 0.2) is 29.3 Å². The van der Waals surface area contributed by atoms with E-state index in [1.54, 1.807) is 0 Å². The van der Waals surface area contributed by atoms with Gasteiger partial charge < -0.3 is 10.6 Å². The predicted octanol–water partition coefficient (Wildman–Crippen LogP) is 2.79. The highest BCUT2D eigenvalue weighted by Gasteiger charge is 2.46. The van der Waals surface area contributed by atoms with E-state index in [1.165, 1.54) is 18.4 Å². The first-order chi connectivity index (χ1) is 10.2. The number of amides is 1. The zero-order chi connectivity index (χ0) is 14.4. The Bertz CT molecular complexity index is 630. The van der Waals surface area contributed by atoms with Crippen LogP contribution < -0.4 is 10.6 Å². The van der Waals surface area contributed by atoms with E-state index in [1.807, 2.05) is 6.07 Å². The number of amidine groups is 1. The molecule has 6 heteroatoms. The molecule has 4 nitrogen and oxygen atoms in total. The van der Waals surface area contributed by atoms with Gasteiger partial charge in [-0.1, -0.05) is 24.3 Å². The minimum atomic E-state index is -0.545. The van der Waals surface area contributed by atoms with E-state index in [0.29, 0.717) is 12.0 Å². The van der Waals surface area contributed by atoms with Crippen LogP contribution in [0.25, 0.3) is 0 Å². The van der Waals surface area contributed by atoms with E-state index in [-0.39, 0.29) is 30.7 Å². The van der Waals surface area contributed by atoms with E-state index < -0.39 is 5.54 Å². The summed E-state index contributed by atoms with van der Waals surface area (Å²) in [5.41, 5.74) is 1.92. The molecule has 1 saturated heterocycles. The maximum absolute atomic E-state index is 12.5. The SMILES string of the molecule is C[C@H]1C[C@@]2(CCN1)N=C(c1ccccc1C1CC1)NC2=O.Cl.Cl. The number of nitrogens with one attached hydrogen (secondary N) is 2. The van der Waals surface area contributed by atoms with Crippen LogP contribution in [0.4, 0.5) is 0 Å². The molecule has 0 radical (unpaired) electrons. The molecule has 2 aliphatic heterocycles. The largest absolute Gasteiger partial charge is 0.314 e. The molecular formula is C17H23Cl2N3O. The number of aliphatic imine (C=N–C) groups is 1. The molecule has 0 aromatic heterocycles. The van der Waals surface area contributed by atoms with Crippen molar-refractivity contribution in [2.75, 3.05) is 6.54 Å². The van der Waals surface area contributed by atoms with E-state index in [9.17, 15) is 4.79 Å². The van der Waals surface area contributed by atoms with Crippen molar-refractivity contribution in [2.24, 2.45) is 4.99 Å². The van der Waals surface area contributed by atoms with Gasteiger partial charge in [0, 0.05) is 11.6 Å². The normalized spacial score (nSPS) is 29.3. The Kier molecular flexibility index (Phi) is 5.39. The molecule has 0 bridgehead atoms. The average Bonchev–Trinajstić information content (AvgIpc) is 3.27. The Hall–Kier alpha value is -1.10. The number of carbonyl (C=O) groups is 1. The lowest BCUT2D eigenvalue weighted by atomic mass is 9.85. The monoisotopic (exact) mass is 355 g/mol. The number of hydrogen-bond donors (Lipinski definition) is 2. The van der Waals surface area contributed by atoms with Crippen molar-refractivity contribution >= 4 is 36.6 Å². The second kappa shape index (κ2) is 6.80. The van der Waals surface area contributed by atoms with E-state index in [4.69, 9.17) is 4.99 Å².